The molecule has 0 aromatic heterocycles. The molecule has 0 amide bonds. The van der Waals surface area contributed by atoms with Gasteiger partial charge in [-0.15, -0.1) is 0 Å². The molecule has 0 rings (SSSR count). The molecule has 0 saturated carbocycles. The van der Waals surface area contributed by atoms with Gasteiger partial charge in [0, 0.05) is 26.5 Å². The molecule has 0 spiro atoms. The topological polar surface area (TPSA) is 53.7 Å². The molecule has 0 bridgehead atoms. The van der Waals surface area contributed by atoms with Gasteiger partial charge in [-0.2, -0.15) is 0 Å². The van der Waals surface area contributed by atoms with E-state index in [1.807, 2.05) is 0 Å². The third-order valence-corrected chi connectivity index (χ3v) is 6.13. The van der Waals surface area contributed by atoms with Crippen LogP contribution in [-0.2, 0) is 13.3 Å². The van der Waals surface area contributed by atoms with Crippen LogP contribution in [0.15, 0.2) is 0 Å². The van der Waals surface area contributed by atoms with Crippen molar-refractivity contribution in [3.63, 3.8) is 0 Å². The van der Waals surface area contributed by atoms with E-state index in [1.54, 1.807) is 14.2 Å². The first-order chi connectivity index (χ1) is 6.89. The second kappa shape index (κ2) is 6.77. The Morgan fingerprint density at radius 2 is 1.60 bits per heavy atom. The van der Waals surface area contributed by atoms with Crippen LogP contribution in [0.4, 0.5) is 0 Å². The predicted octanol–water partition coefficient (Wildman–Crippen LogP) is 1.46. The first-order valence-electron chi connectivity index (χ1n) is 5.33. The molecule has 2 N–H and O–H groups in total. The zero-order chi connectivity index (χ0) is 11.9. The van der Waals surface area contributed by atoms with E-state index in [0.717, 1.165) is 18.7 Å². The molecule has 0 unspecified atom stereocenters. The molecule has 0 aromatic rings. The van der Waals surface area contributed by atoms with Crippen LogP contribution in [0.2, 0.25) is 25.7 Å². The van der Waals surface area contributed by atoms with Gasteiger partial charge in [-0.1, -0.05) is 19.6 Å². The summed E-state index contributed by atoms with van der Waals surface area (Å²) in [5.41, 5.74) is 5.49. The van der Waals surface area contributed by atoms with E-state index >= 15 is 0 Å². The van der Waals surface area contributed by atoms with Crippen molar-refractivity contribution in [2.75, 3.05) is 27.0 Å². The van der Waals surface area contributed by atoms with E-state index in [4.69, 9.17) is 19.0 Å². The zero-order valence-corrected chi connectivity index (χ0v) is 12.6. The van der Waals surface area contributed by atoms with Crippen molar-refractivity contribution >= 4 is 16.9 Å². The Hall–Kier alpha value is 0.274. The summed E-state index contributed by atoms with van der Waals surface area (Å²) in [6.45, 7) is 7.44. The lowest BCUT2D eigenvalue weighted by Gasteiger charge is -2.29. The van der Waals surface area contributed by atoms with E-state index in [2.05, 4.69) is 19.6 Å². The molecule has 4 nitrogen and oxygen atoms in total. The summed E-state index contributed by atoms with van der Waals surface area (Å²) in [5, 5.41) is 0. The highest BCUT2D eigenvalue weighted by molar-refractivity contribution is 6.77. The van der Waals surface area contributed by atoms with E-state index < -0.39 is 16.9 Å². The Labute approximate surface area is 95.5 Å². The van der Waals surface area contributed by atoms with Crippen molar-refractivity contribution in [1.29, 1.82) is 0 Å². The molecule has 0 aliphatic heterocycles. The Morgan fingerprint density at radius 1 is 1.07 bits per heavy atom. The first kappa shape index (κ1) is 15.3. The standard InChI is InChI=1S/C9H25NO3Si2/c1-11-15(12-2,8-6-7-10)13-9-14(3,4)5/h6-10H2,1-5H3. The fourth-order valence-electron chi connectivity index (χ4n) is 1.12. The van der Waals surface area contributed by atoms with Crippen LogP contribution in [0.25, 0.3) is 0 Å². The lowest BCUT2D eigenvalue weighted by atomic mass is 10.5. The average molecular weight is 251 g/mol. The van der Waals surface area contributed by atoms with Crippen molar-refractivity contribution in [3.8, 4) is 0 Å². The lowest BCUT2D eigenvalue weighted by molar-refractivity contribution is 0.114. The van der Waals surface area contributed by atoms with Gasteiger partial charge in [0.05, 0.1) is 8.07 Å². The van der Waals surface area contributed by atoms with Gasteiger partial charge >= 0.3 is 8.80 Å². The fourth-order valence-corrected chi connectivity index (χ4v) is 5.33. The van der Waals surface area contributed by atoms with Crippen LogP contribution in [0.1, 0.15) is 6.42 Å². The van der Waals surface area contributed by atoms with Gasteiger partial charge < -0.3 is 19.0 Å². The molecule has 0 fully saturated rings. The second-order valence-electron chi connectivity index (χ2n) is 4.83. The van der Waals surface area contributed by atoms with Crippen molar-refractivity contribution in [2.45, 2.75) is 32.1 Å². The largest absolute Gasteiger partial charge is 0.500 e. The van der Waals surface area contributed by atoms with E-state index in [1.165, 1.54) is 0 Å². The summed E-state index contributed by atoms with van der Waals surface area (Å²) >= 11 is 0. The number of hydrogen-bond donors (Lipinski definition) is 1. The second-order valence-corrected chi connectivity index (χ2v) is 13.2. The van der Waals surface area contributed by atoms with Gasteiger partial charge in [-0.3, -0.25) is 0 Å². The quantitative estimate of drug-likeness (QED) is 0.664. The van der Waals surface area contributed by atoms with Crippen LogP contribution >= 0.6 is 0 Å². The van der Waals surface area contributed by atoms with Crippen molar-refractivity contribution in [1.82, 2.24) is 0 Å². The molecule has 0 aliphatic rings. The normalized spacial score (nSPS) is 13.2. The summed E-state index contributed by atoms with van der Waals surface area (Å²) in [4.78, 5) is 0. The Kier molecular flexibility index (Phi) is 6.89. The molecular formula is C9H25NO3Si2. The lowest BCUT2D eigenvalue weighted by Crippen LogP contribution is -2.47. The Balaban J connectivity index is 4.23. The third kappa shape index (κ3) is 6.44. The van der Waals surface area contributed by atoms with E-state index in [9.17, 15) is 0 Å². The van der Waals surface area contributed by atoms with Crippen LogP contribution in [-0.4, -0.2) is 43.9 Å². The van der Waals surface area contributed by atoms with Crippen LogP contribution < -0.4 is 5.73 Å². The highest BCUT2D eigenvalue weighted by Gasteiger charge is 2.39. The van der Waals surface area contributed by atoms with Crippen molar-refractivity contribution in [3.05, 3.63) is 0 Å². The molecule has 0 aliphatic carbocycles. The number of hydrogen-bond acceptors (Lipinski definition) is 4. The molecule has 15 heavy (non-hydrogen) atoms. The molecule has 0 aromatic carbocycles. The molecule has 0 radical (unpaired) electrons. The van der Waals surface area contributed by atoms with Crippen LogP contribution in [0.3, 0.4) is 0 Å². The van der Waals surface area contributed by atoms with Crippen LogP contribution in [0, 0.1) is 0 Å². The van der Waals surface area contributed by atoms with Crippen molar-refractivity contribution < 1.29 is 13.3 Å². The predicted molar refractivity (Wildman–Crippen MR) is 67.5 cm³/mol. The summed E-state index contributed by atoms with van der Waals surface area (Å²) in [5.74, 6) is 0. The summed E-state index contributed by atoms with van der Waals surface area (Å²) in [6.07, 6.45) is 1.67. The minimum atomic E-state index is -2.42. The maximum Gasteiger partial charge on any atom is 0.500 e. The SMILES string of the molecule is CO[Si](CCCN)(OC)OC[Si](C)(C)C. The molecule has 0 atom stereocenters. The molecule has 6 heteroatoms. The maximum atomic E-state index is 5.90. The minimum Gasteiger partial charge on any atom is -0.377 e. The minimum absolute atomic E-state index is 0.651. The van der Waals surface area contributed by atoms with Gasteiger partial charge in [0.1, 0.15) is 0 Å². The monoisotopic (exact) mass is 251 g/mol. The summed E-state index contributed by atoms with van der Waals surface area (Å²) < 4.78 is 16.8. The van der Waals surface area contributed by atoms with Gasteiger partial charge in [-0.05, 0) is 13.0 Å². The first-order valence-corrected chi connectivity index (χ1v) is 11.0. The van der Waals surface area contributed by atoms with E-state index in [-0.39, 0.29) is 0 Å². The smallest absolute Gasteiger partial charge is 0.377 e. The van der Waals surface area contributed by atoms with Gasteiger partial charge in [0.2, 0.25) is 0 Å². The van der Waals surface area contributed by atoms with E-state index in [0.29, 0.717) is 6.54 Å². The fraction of sp³-hybridized carbons (Fsp3) is 1.00. The van der Waals surface area contributed by atoms with Gasteiger partial charge in [-0.25, -0.2) is 0 Å². The number of nitrogens with two attached hydrogens (primary N) is 1. The third-order valence-electron chi connectivity index (χ3n) is 2.03. The van der Waals surface area contributed by atoms with Gasteiger partial charge in [0.25, 0.3) is 0 Å². The molecule has 0 heterocycles. The molecular weight excluding hydrogens is 226 g/mol. The Bertz CT molecular complexity index is 169. The summed E-state index contributed by atoms with van der Waals surface area (Å²) in [6, 6.07) is 0.807. The van der Waals surface area contributed by atoms with Gasteiger partial charge in [0.15, 0.2) is 0 Å². The van der Waals surface area contributed by atoms with Crippen molar-refractivity contribution in [2.24, 2.45) is 5.73 Å². The zero-order valence-electron chi connectivity index (χ0n) is 10.6. The van der Waals surface area contributed by atoms with Crippen LogP contribution in [0.5, 0.6) is 0 Å². The Morgan fingerprint density at radius 3 is 1.93 bits per heavy atom. The average Bonchev–Trinajstić information content (AvgIpc) is 2.18. The highest BCUT2D eigenvalue weighted by atomic mass is 28.4. The maximum absolute atomic E-state index is 5.90. The summed E-state index contributed by atoms with van der Waals surface area (Å²) in [7, 11) is -0.311. The molecule has 0 saturated heterocycles. The highest BCUT2D eigenvalue weighted by Crippen LogP contribution is 2.17. The molecule has 92 valence electrons. The number of rotatable bonds is 8.